The number of aliphatic hydroxyl groups is 1. The van der Waals surface area contributed by atoms with Crippen LogP contribution in [0.3, 0.4) is 0 Å². The quantitative estimate of drug-likeness (QED) is 0.669. The highest BCUT2D eigenvalue weighted by atomic mass is 32.1. The summed E-state index contributed by atoms with van der Waals surface area (Å²) in [4.78, 5) is 13.8. The van der Waals surface area contributed by atoms with Crippen molar-refractivity contribution in [2.45, 2.75) is 19.3 Å². The van der Waals surface area contributed by atoms with Gasteiger partial charge in [0.05, 0.1) is 18.0 Å². The van der Waals surface area contributed by atoms with Gasteiger partial charge < -0.3 is 20.5 Å². The number of amides is 1. The van der Waals surface area contributed by atoms with Crippen LogP contribution in [0.1, 0.15) is 18.4 Å². The van der Waals surface area contributed by atoms with Gasteiger partial charge in [-0.15, -0.1) is 0 Å². The molecule has 0 radical (unpaired) electrons. The summed E-state index contributed by atoms with van der Waals surface area (Å²) in [5.74, 6) is 0.721. The van der Waals surface area contributed by atoms with E-state index < -0.39 is 0 Å². The standard InChI is InChI=1S/C15H22N2O3S/c1-17(9-6-14(16)21)15(19)8-11-20-13-4-2-12(3-5-13)7-10-18/h2-5,18H,6-11H2,1H3,(H2,16,21). The van der Waals surface area contributed by atoms with Crippen LogP contribution in [-0.2, 0) is 11.2 Å². The lowest BCUT2D eigenvalue weighted by molar-refractivity contribution is -0.130. The van der Waals surface area contributed by atoms with E-state index in [-0.39, 0.29) is 12.5 Å². The van der Waals surface area contributed by atoms with E-state index >= 15 is 0 Å². The van der Waals surface area contributed by atoms with Crippen molar-refractivity contribution in [1.29, 1.82) is 0 Å². The third kappa shape index (κ3) is 7.06. The normalized spacial score (nSPS) is 10.2. The number of carbonyl (C=O) groups is 1. The second-order valence-corrected chi connectivity index (χ2v) is 5.27. The van der Waals surface area contributed by atoms with E-state index in [4.69, 9.17) is 27.8 Å². The maximum absolute atomic E-state index is 11.8. The fourth-order valence-corrected chi connectivity index (χ4v) is 1.82. The van der Waals surface area contributed by atoms with Gasteiger partial charge in [0.25, 0.3) is 0 Å². The molecule has 116 valence electrons. The lowest BCUT2D eigenvalue weighted by Gasteiger charge is -2.16. The summed E-state index contributed by atoms with van der Waals surface area (Å²) < 4.78 is 5.53. The third-order valence-electron chi connectivity index (χ3n) is 3.03. The van der Waals surface area contributed by atoms with Crippen LogP contribution in [0.4, 0.5) is 0 Å². The molecule has 1 aromatic rings. The highest BCUT2D eigenvalue weighted by Crippen LogP contribution is 2.12. The number of ether oxygens (including phenoxy) is 1. The minimum absolute atomic E-state index is 0.00292. The summed E-state index contributed by atoms with van der Waals surface area (Å²) in [6.45, 7) is 0.993. The lowest BCUT2D eigenvalue weighted by atomic mass is 10.1. The molecule has 0 aliphatic carbocycles. The van der Waals surface area contributed by atoms with Crippen molar-refractivity contribution in [3.05, 3.63) is 29.8 Å². The first-order chi connectivity index (χ1) is 10.0. The Bertz CT molecular complexity index is 462. The fourth-order valence-electron chi connectivity index (χ4n) is 1.73. The molecule has 0 fully saturated rings. The van der Waals surface area contributed by atoms with E-state index in [1.807, 2.05) is 24.3 Å². The molecular formula is C15H22N2O3S. The molecule has 0 atom stereocenters. The van der Waals surface area contributed by atoms with Crippen molar-refractivity contribution in [2.75, 3.05) is 26.8 Å². The van der Waals surface area contributed by atoms with Crippen molar-refractivity contribution in [3.63, 3.8) is 0 Å². The van der Waals surface area contributed by atoms with Gasteiger partial charge in [-0.1, -0.05) is 24.4 Å². The highest BCUT2D eigenvalue weighted by molar-refractivity contribution is 7.80. The number of nitrogens with two attached hydrogens (primary N) is 1. The summed E-state index contributed by atoms with van der Waals surface area (Å²) in [5, 5.41) is 8.83. The van der Waals surface area contributed by atoms with Crippen molar-refractivity contribution >= 4 is 23.1 Å². The minimum Gasteiger partial charge on any atom is -0.493 e. The lowest BCUT2D eigenvalue weighted by Crippen LogP contribution is -2.30. The molecule has 0 unspecified atom stereocenters. The van der Waals surface area contributed by atoms with Gasteiger partial charge in [0.15, 0.2) is 0 Å². The van der Waals surface area contributed by atoms with Crippen LogP contribution in [0.15, 0.2) is 24.3 Å². The Balaban J connectivity index is 2.28. The fraction of sp³-hybridized carbons (Fsp3) is 0.467. The van der Waals surface area contributed by atoms with Crippen LogP contribution in [-0.4, -0.2) is 47.7 Å². The van der Waals surface area contributed by atoms with Crippen LogP contribution >= 0.6 is 12.2 Å². The molecule has 5 nitrogen and oxygen atoms in total. The Morgan fingerprint density at radius 1 is 1.33 bits per heavy atom. The van der Waals surface area contributed by atoms with Crippen LogP contribution in [0.25, 0.3) is 0 Å². The molecule has 0 aliphatic rings. The Kier molecular flexibility index (Phi) is 7.71. The Morgan fingerprint density at radius 2 is 2.00 bits per heavy atom. The van der Waals surface area contributed by atoms with Crippen molar-refractivity contribution in [3.8, 4) is 5.75 Å². The Morgan fingerprint density at radius 3 is 2.57 bits per heavy atom. The highest BCUT2D eigenvalue weighted by Gasteiger charge is 2.09. The second kappa shape index (κ2) is 9.31. The molecule has 1 rings (SSSR count). The Hall–Kier alpha value is -1.66. The monoisotopic (exact) mass is 310 g/mol. The molecule has 6 heteroatoms. The van der Waals surface area contributed by atoms with Gasteiger partial charge in [-0.25, -0.2) is 0 Å². The summed E-state index contributed by atoms with van der Waals surface area (Å²) in [7, 11) is 1.73. The van der Waals surface area contributed by atoms with E-state index in [0.29, 0.717) is 37.4 Å². The number of aliphatic hydroxyl groups excluding tert-OH is 1. The van der Waals surface area contributed by atoms with Crippen LogP contribution in [0.5, 0.6) is 5.75 Å². The zero-order valence-electron chi connectivity index (χ0n) is 12.2. The predicted octanol–water partition coefficient (Wildman–Crippen LogP) is 1.12. The van der Waals surface area contributed by atoms with E-state index in [1.165, 1.54) is 0 Å². The summed E-state index contributed by atoms with van der Waals surface area (Å²) in [6.07, 6.45) is 1.48. The summed E-state index contributed by atoms with van der Waals surface area (Å²) in [5.41, 5.74) is 6.46. The van der Waals surface area contributed by atoms with Crippen LogP contribution in [0.2, 0.25) is 0 Å². The molecule has 0 heterocycles. The van der Waals surface area contributed by atoms with Crippen LogP contribution in [0, 0.1) is 0 Å². The maximum Gasteiger partial charge on any atom is 0.225 e. The van der Waals surface area contributed by atoms with Crippen molar-refractivity contribution in [1.82, 2.24) is 4.90 Å². The first kappa shape index (κ1) is 17.4. The number of nitrogens with zero attached hydrogens (tertiary/aromatic N) is 1. The molecule has 21 heavy (non-hydrogen) atoms. The molecule has 0 bridgehead atoms. The average Bonchev–Trinajstić information content (AvgIpc) is 2.46. The van der Waals surface area contributed by atoms with Gasteiger partial charge in [-0.2, -0.15) is 0 Å². The number of benzene rings is 1. The van der Waals surface area contributed by atoms with Gasteiger partial charge in [0.1, 0.15) is 5.75 Å². The molecule has 0 spiro atoms. The topological polar surface area (TPSA) is 75.8 Å². The molecule has 3 N–H and O–H groups in total. The molecular weight excluding hydrogens is 288 g/mol. The molecule has 0 aliphatic heterocycles. The molecule has 1 amide bonds. The van der Waals surface area contributed by atoms with Crippen LogP contribution < -0.4 is 10.5 Å². The SMILES string of the molecule is CN(CCC(N)=S)C(=O)CCOc1ccc(CCO)cc1. The van der Waals surface area contributed by atoms with Crippen molar-refractivity contribution in [2.24, 2.45) is 5.73 Å². The van der Waals surface area contributed by atoms with E-state index in [2.05, 4.69) is 0 Å². The maximum atomic E-state index is 11.8. The van der Waals surface area contributed by atoms with Gasteiger partial charge in [0, 0.05) is 26.6 Å². The number of carbonyl (C=O) groups excluding carboxylic acids is 1. The number of rotatable bonds is 9. The first-order valence-electron chi connectivity index (χ1n) is 6.88. The first-order valence-corrected chi connectivity index (χ1v) is 7.28. The summed E-state index contributed by atoms with van der Waals surface area (Å²) in [6, 6.07) is 7.49. The number of hydrogen-bond acceptors (Lipinski definition) is 4. The van der Waals surface area contributed by atoms with Gasteiger partial charge >= 0.3 is 0 Å². The third-order valence-corrected chi connectivity index (χ3v) is 3.23. The average molecular weight is 310 g/mol. The molecule has 0 saturated carbocycles. The molecule has 1 aromatic carbocycles. The smallest absolute Gasteiger partial charge is 0.225 e. The second-order valence-electron chi connectivity index (χ2n) is 4.75. The predicted molar refractivity (Wildman–Crippen MR) is 86.4 cm³/mol. The molecule has 0 saturated heterocycles. The van der Waals surface area contributed by atoms with E-state index in [0.717, 1.165) is 11.3 Å². The van der Waals surface area contributed by atoms with Gasteiger partial charge in [0.2, 0.25) is 5.91 Å². The van der Waals surface area contributed by atoms with Gasteiger partial charge in [-0.05, 0) is 24.1 Å². The van der Waals surface area contributed by atoms with Gasteiger partial charge in [-0.3, -0.25) is 4.79 Å². The number of hydrogen-bond donors (Lipinski definition) is 2. The van der Waals surface area contributed by atoms with E-state index in [9.17, 15) is 4.79 Å². The number of thiocarbonyl (C=S) groups is 1. The summed E-state index contributed by atoms with van der Waals surface area (Å²) >= 11 is 4.78. The molecule has 0 aromatic heterocycles. The largest absolute Gasteiger partial charge is 0.493 e. The van der Waals surface area contributed by atoms with Crippen molar-refractivity contribution < 1.29 is 14.6 Å². The Labute approximate surface area is 130 Å². The zero-order chi connectivity index (χ0) is 15.7. The minimum atomic E-state index is 0.00292. The van der Waals surface area contributed by atoms with E-state index in [1.54, 1.807) is 11.9 Å². The zero-order valence-corrected chi connectivity index (χ0v) is 13.1.